The maximum Gasteiger partial charge on any atom is 0.269 e. The van der Waals surface area contributed by atoms with Crippen LogP contribution in [0.25, 0.3) is 0 Å². The first kappa shape index (κ1) is 20.8. The average molecular weight is 389 g/mol. The summed E-state index contributed by atoms with van der Waals surface area (Å²) in [7, 11) is 0. The molecule has 9 heteroatoms. The van der Waals surface area contributed by atoms with Crippen LogP contribution in [0.4, 0.5) is 10.1 Å². The van der Waals surface area contributed by atoms with Gasteiger partial charge in [0.25, 0.3) is 11.6 Å². The van der Waals surface area contributed by atoms with Gasteiger partial charge in [0.1, 0.15) is 11.6 Å². The van der Waals surface area contributed by atoms with Crippen LogP contribution in [0.1, 0.15) is 12.5 Å². The molecule has 0 radical (unpaired) electrons. The summed E-state index contributed by atoms with van der Waals surface area (Å²) in [6.45, 7) is 1.84. The first-order valence-corrected chi connectivity index (χ1v) is 8.55. The summed E-state index contributed by atoms with van der Waals surface area (Å²) < 4.78 is 18.2. The zero-order valence-electron chi connectivity index (χ0n) is 15.3. The number of ether oxygens (including phenoxy) is 1. The van der Waals surface area contributed by atoms with Crippen molar-refractivity contribution in [3.8, 4) is 5.75 Å². The van der Waals surface area contributed by atoms with E-state index in [1.165, 1.54) is 41.3 Å². The number of nitro benzene ring substituents is 1. The van der Waals surface area contributed by atoms with Gasteiger partial charge < -0.3 is 15.0 Å². The summed E-state index contributed by atoms with van der Waals surface area (Å²) in [5.74, 6) is -0.783. The van der Waals surface area contributed by atoms with E-state index in [4.69, 9.17) is 4.74 Å². The number of nitrogens with one attached hydrogen (secondary N) is 1. The first-order chi connectivity index (χ1) is 13.4. The van der Waals surface area contributed by atoms with Crippen LogP contribution in [0.15, 0.2) is 48.5 Å². The smallest absolute Gasteiger partial charge is 0.269 e. The number of halogens is 1. The third-order valence-electron chi connectivity index (χ3n) is 3.88. The molecule has 2 rings (SSSR count). The molecule has 28 heavy (non-hydrogen) atoms. The summed E-state index contributed by atoms with van der Waals surface area (Å²) in [6.07, 6.45) is 0. The van der Waals surface area contributed by atoms with Gasteiger partial charge in [-0.05, 0) is 36.8 Å². The quantitative estimate of drug-likeness (QED) is 0.524. The van der Waals surface area contributed by atoms with E-state index in [2.05, 4.69) is 5.32 Å². The monoisotopic (exact) mass is 389 g/mol. The highest BCUT2D eigenvalue weighted by molar-refractivity contribution is 5.85. The minimum Gasteiger partial charge on any atom is -0.484 e. The lowest BCUT2D eigenvalue weighted by molar-refractivity contribution is -0.384. The Labute approximate surface area is 161 Å². The molecule has 0 fully saturated rings. The topological polar surface area (TPSA) is 102 Å². The fourth-order valence-electron chi connectivity index (χ4n) is 2.31. The zero-order chi connectivity index (χ0) is 20.5. The van der Waals surface area contributed by atoms with Crippen molar-refractivity contribution in [2.24, 2.45) is 0 Å². The second kappa shape index (κ2) is 10.0. The van der Waals surface area contributed by atoms with Crippen LogP contribution in [0.2, 0.25) is 0 Å². The number of nitro groups is 1. The molecular formula is C19H20FN3O5. The number of amides is 2. The fraction of sp³-hybridized carbons (Fsp3) is 0.263. The van der Waals surface area contributed by atoms with Gasteiger partial charge in [0.2, 0.25) is 5.91 Å². The molecule has 8 nitrogen and oxygen atoms in total. The van der Waals surface area contributed by atoms with Crippen LogP contribution < -0.4 is 10.1 Å². The van der Waals surface area contributed by atoms with Crippen LogP contribution in [0.3, 0.4) is 0 Å². The Morgan fingerprint density at radius 1 is 1.14 bits per heavy atom. The highest BCUT2D eigenvalue weighted by atomic mass is 19.1. The minimum absolute atomic E-state index is 0.0771. The Kier molecular flexibility index (Phi) is 7.44. The predicted octanol–water partition coefficient (Wildman–Crippen LogP) is 2.28. The van der Waals surface area contributed by atoms with Gasteiger partial charge in [-0.3, -0.25) is 19.7 Å². The lowest BCUT2D eigenvalue weighted by Gasteiger charge is -2.20. The van der Waals surface area contributed by atoms with Gasteiger partial charge in [0, 0.05) is 25.2 Å². The molecule has 0 heterocycles. The highest BCUT2D eigenvalue weighted by Gasteiger charge is 2.16. The van der Waals surface area contributed by atoms with Crippen LogP contribution in [-0.4, -0.2) is 41.3 Å². The molecule has 2 aromatic carbocycles. The van der Waals surface area contributed by atoms with Crippen LogP contribution in [-0.2, 0) is 16.1 Å². The lowest BCUT2D eigenvalue weighted by atomic mass is 10.2. The third-order valence-corrected chi connectivity index (χ3v) is 3.88. The van der Waals surface area contributed by atoms with Crippen molar-refractivity contribution in [1.29, 1.82) is 0 Å². The van der Waals surface area contributed by atoms with E-state index in [0.717, 1.165) is 5.56 Å². The number of non-ortho nitro benzene ring substituents is 1. The van der Waals surface area contributed by atoms with Crippen LogP contribution >= 0.6 is 0 Å². The van der Waals surface area contributed by atoms with E-state index >= 15 is 0 Å². The molecule has 0 saturated heterocycles. The Bertz CT molecular complexity index is 824. The van der Waals surface area contributed by atoms with Gasteiger partial charge in [0.15, 0.2) is 6.61 Å². The lowest BCUT2D eigenvalue weighted by Crippen LogP contribution is -2.42. The summed E-state index contributed by atoms with van der Waals surface area (Å²) in [5.41, 5.74) is 0.664. The molecule has 148 valence electrons. The molecule has 0 aliphatic rings. The van der Waals surface area contributed by atoms with Gasteiger partial charge in [-0.1, -0.05) is 12.1 Å². The fourth-order valence-corrected chi connectivity index (χ4v) is 2.31. The molecular weight excluding hydrogens is 369 g/mol. The Morgan fingerprint density at radius 3 is 2.36 bits per heavy atom. The zero-order valence-corrected chi connectivity index (χ0v) is 15.3. The number of likely N-dealkylation sites (N-methyl/N-ethyl adjacent to an activating group) is 1. The second-order valence-electron chi connectivity index (χ2n) is 5.85. The highest BCUT2D eigenvalue weighted by Crippen LogP contribution is 2.17. The predicted molar refractivity (Wildman–Crippen MR) is 99.1 cm³/mol. The number of nitrogens with zero attached hydrogens (tertiary/aromatic N) is 2. The van der Waals surface area contributed by atoms with Crippen LogP contribution in [0, 0.1) is 15.9 Å². The molecule has 2 aromatic rings. The molecule has 0 aliphatic heterocycles. The minimum atomic E-state index is -0.529. The van der Waals surface area contributed by atoms with E-state index in [9.17, 15) is 24.1 Å². The number of carbonyl (C=O) groups excluding carboxylic acids is 2. The normalized spacial score (nSPS) is 10.2. The van der Waals surface area contributed by atoms with Gasteiger partial charge >= 0.3 is 0 Å². The van der Waals surface area contributed by atoms with E-state index in [1.54, 1.807) is 19.1 Å². The van der Waals surface area contributed by atoms with E-state index in [0.29, 0.717) is 12.3 Å². The van der Waals surface area contributed by atoms with E-state index in [-0.39, 0.29) is 37.1 Å². The summed E-state index contributed by atoms with van der Waals surface area (Å²) in [5, 5.41) is 13.3. The Hall–Kier alpha value is -3.49. The van der Waals surface area contributed by atoms with Crippen molar-refractivity contribution in [2.45, 2.75) is 13.5 Å². The Morgan fingerprint density at radius 2 is 1.79 bits per heavy atom. The number of rotatable bonds is 9. The molecule has 0 aromatic heterocycles. The molecule has 0 saturated carbocycles. The SMILES string of the molecule is CCN(CC(=O)NCc1ccc(F)cc1)C(=O)COc1ccc([N+](=O)[O-])cc1. The van der Waals surface area contributed by atoms with Crippen molar-refractivity contribution in [3.05, 3.63) is 70.0 Å². The van der Waals surface area contributed by atoms with Crippen molar-refractivity contribution in [3.63, 3.8) is 0 Å². The summed E-state index contributed by atoms with van der Waals surface area (Å²) in [6, 6.07) is 11.1. The van der Waals surface area contributed by atoms with Crippen molar-refractivity contribution in [2.75, 3.05) is 19.7 Å². The second-order valence-corrected chi connectivity index (χ2v) is 5.85. The molecule has 1 N–H and O–H groups in total. The molecule has 0 atom stereocenters. The molecule has 0 aliphatic carbocycles. The number of benzene rings is 2. The number of carbonyl (C=O) groups is 2. The molecule has 0 bridgehead atoms. The van der Waals surface area contributed by atoms with Gasteiger partial charge in [0.05, 0.1) is 11.5 Å². The number of hydrogen-bond acceptors (Lipinski definition) is 5. The molecule has 2 amide bonds. The van der Waals surface area contributed by atoms with Gasteiger partial charge in [-0.15, -0.1) is 0 Å². The van der Waals surface area contributed by atoms with E-state index < -0.39 is 10.8 Å². The largest absolute Gasteiger partial charge is 0.484 e. The summed E-state index contributed by atoms with van der Waals surface area (Å²) >= 11 is 0. The molecule has 0 unspecified atom stereocenters. The van der Waals surface area contributed by atoms with Gasteiger partial charge in [-0.25, -0.2) is 4.39 Å². The maximum atomic E-state index is 12.9. The van der Waals surface area contributed by atoms with Crippen LogP contribution in [0.5, 0.6) is 5.75 Å². The Balaban J connectivity index is 1.80. The van der Waals surface area contributed by atoms with Crippen molar-refractivity contribution >= 4 is 17.5 Å². The van der Waals surface area contributed by atoms with Crippen molar-refractivity contribution < 1.29 is 23.6 Å². The standard InChI is InChI=1S/C19H20FN3O5/c1-2-22(12-18(24)21-11-14-3-5-15(20)6-4-14)19(25)13-28-17-9-7-16(8-10-17)23(26)27/h3-10H,2,11-13H2,1H3,(H,21,24). The van der Waals surface area contributed by atoms with Gasteiger partial charge in [-0.2, -0.15) is 0 Å². The molecule has 0 spiro atoms. The summed E-state index contributed by atoms with van der Waals surface area (Å²) in [4.78, 5) is 35.7. The maximum absolute atomic E-state index is 12.9. The first-order valence-electron chi connectivity index (χ1n) is 8.55. The van der Waals surface area contributed by atoms with Crippen molar-refractivity contribution in [1.82, 2.24) is 10.2 Å². The average Bonchev–Trinajstić information content (AvgIpc) is 2.70. The number of hydrogen-bond donors (Lipinski definition) is 1. The van der Waals surface area contributed by atoms with E-state index in [1.807, 2.05) is 0 Å². The third kappa shape index (κ3) is 6.35.